The molecular weight excluding hydrogens is 394 g/mol. The summed E-state index contributed by atoms with van der Waals surface area (Å²) < 4.78 is 7.57. The van der Waals surface area contributed by atoms with Crippen LogP contribution >= 0.6 is 12.2 Å². The van der Waals surface area contributed by atoms with Crippen molar-refractivity contribution in [2.75, 3.05) is 20.3 Å². The molecule has 0 bridgehead atoms. The van der Waals surface area contributed by atoms with Crippen molar-refractivity contribution in [3.8, 4) is 5.82 Å². The molecule has 1 fully saturated rings. The quantitative estimate of drug-likeness (QED) is 0.611. The highest BCUT2D eigenvalue weighted by molar-refractivity contribution is 7.80. The number of nitrogens with zero attached hydrogens (tertiary/aromatic N) is 4. The fourth-order valence-electron chi connectivity index (χ4n) is 4.26. The summed E-state index contributed by atoms with van der Waals surface area (Å²) in [5, 5.41) is 4.22. The number of aromatic nitrogens is 3. The third-order valence-electron chi connectivity index (χ3n) is 5.65. The van der Waals surface area contributed by atoms with Crippen molar-refractivity contribution < 1.29 is 4.74 Å². The Kier molecular flexibility index (Phi) is 5.83. The maximum atomic E-state index is 5.71. The average Bonchev–Trinajstić information content (AvgIpc) is 3.22. The number of hydrogen-bond acceptors (Lipinski definition) is 4. The molecule has 0 saturated carbocycles. The molecule has 2 atom stereocenters. The second-order valence-electron chi connectivity index (χ2n) is 7.67. The lowest BCUT2D eigenvalue weighted by atomic mass is 9.97. The predicted molar refractivity (Wildman–Crippen MR) is 122 cm³/mol. The molecule has 0 radical (unpaired) electrons. The van der Waals surface area contributed by atoms with Gasteiger partial charge in [0.2, 0.25) is 0 Å². The summed E-state index contributed by atoms with van der Waals surface area (Å²) in [5.74, 6) is 0.933. The zero-order valence-electron chi connectivity index (χ0n) is 17.8. The largest absolute Gasteiger partial charge is 0.383 e. The monoisotopic (exact) mass is 421 g/mol. The first kappa shape index (κ1) is 20.5. The maximum absolute atomic E-state index is 5.71. The lowest BCUT2D eigenvalue weighted by Gasteiger charge is -2.28. The summed E-state index contributed by atoms with van der Waals surface area (Å²) in [6, 6.07) is 12.4. The van der Waals surface area contributed by atoms with E-state index in [1.807, 2.05) is 36.7 Å². The van der Waals surface area contributed by atoms with E-state index in [-0.39, 0.29) is 12.1 Å². The van der Waals surface area contributed by atoms with Crippen molar-refractivity contribution in [3.63, 3.8) is 0 Å². The Labute approximate surface area is 182 Å². The van der Waals surface area contributed by atoms with Crippen LogP contribution in [0.15, 0.2) is 48.8 Å². The van der Waals surface area contributed by atoms with Gasteiger partial charge in [0, 0.05) is 37.4 Å². The zero-order chi connectivity index (χ0) is 21.3. The summed E-state index contributed by atoms with van der Waals surface area (Å²) >= 11 is 5.71. The first-order valence-electron chi connectivity index (χ1n) is 10.1. The summed E-state index contributed by atoms with van der Waals surface area (Å²) in [7, 11) is 1.72. The molecule has 156 valence electrons. The number of pyridine rings is 2. The Morgan fingerprint density at radius 1 is 1.10 bits per heavy atom. The van der Waals surface area contributed by atoms with Crippen LogP contribution in [-0.2, 0) is 4.74 Å². The van der Waals surface area contributed by atoms with E-state index >= 15 is 0 Å². The Bertz CT molecular complexity index is 1050. The summed E-state index contributed by atoms with van der Waals surface area (Å²) in [6.07, 6.45) is 3.69. The molecule has 1 aliphatic rings. The van der Waals surface area contributed by atoms with E-state index in [1.54, 1.807) is 7.11 Å². The molecule has 1 N–H and O–H groups in total. The van der Waals surface area contributed by atoms with Gasteiger partial charge in [0.15, 0.2) is 5.11 Å². The molecule has 7 heteroatoms. The van der Waals surface area contributed by atoms with E-state index < -0.39 is 0 Å². The lowest BCUT2D eigenvalue weighted by molar-refractivity contribution is 0.164. The third-order valence-corrected chi connectivity index (χ3v) is 6.01. The molecule has 30 heavy (non-hydrogen) atoms. The number of methoxy groups -OCH3 is 1. The summed E-state index contributed by atoms with van der Waals surface area (Å²) in [4.78, 5) is 11.4. The van der Waals surface area contributed by atoms with E-state index in [0.29, 0.717) is 13.2 Å². The number of ether oxygens (including phenoxy) is 1. The van der Waals surface area contributed by atoms with Crippen LogP contribution in [0.1, 0.15) is 40.3 Å². The minimum absolute atomic E-state index is 0.0207. The SMILES string of the molecule is COCCN1C(=S)N[C@H](c2ccccn2)[C@H]1c1cc(C)n(-c2cc(C)ccn2)c1C. The van der Waals surface area contributed by atoms with Crippen LogP contribution in [0.2, 0.25) is 0 Å². The van der Waals surface area contributed by atoms with Gasteiger partial charge in [-0.25, -0.2) is 4.98 Å². The molecule has 3 aromatic rings. The molecule has 0 aromatic carbocycles. The zero-order valence-corrected chi connectivity index (χ0v) is 18.6. The van der Waals surface area contributed by atoms with Crippen molar-refractivity contribution in [2.45, 2.75) is 32.9 Å². The topological polar surface area (TPSA) is 55.2 Å². The Hall–Kier alpha value is -2.77. The van der Waals surface area contributed by atoms with Gasteiger partial charge in [-0.15, -0.1) is 0 Å². The van der Waals surface area contributed by atoms with E-state index in [2.05, 4.69) is 57.7 Å². The second kappa shape index (κ2) is 8.53. The second-order valence-corrected chi connectivity index (χ2v) is 8.05. The molecule has 4 heterocycles. The van der Waals surface area contributed by atoms with Gasteiger partial charge in [0.25, 0.3) is 0 Å². The Balaban J connectivity index is 1.82. The van der Waals surface area contributed by atoms with Gasteiger partial charge in [-0.05, 0) is 74.4 Å². The minimum atomic E-state index is -0.0324. The molecule has 3 aromatic heterocycles. The number of thiocarbonyl (C=S) groups is 1. The average molecular weight is 422 g/mol. The fraction of sp³-hybridized carbons (Fsp3) is 0.348. The number of rotatable bonds is 6. The standard InChI is InChI=1S/C23H27N5OS/c1-15-8-10-25-20(13-15)28-16(2)14-18(17(28)3)22-21(19-7-5-6-9-24-19)26-23(30)27(22)11-12-29-4/h5-10,13-14,21-22H,11-12H2,1-4H3,(H,26,30)/t21-,22-/m1/s1. The van der Waals surface area contributed by atoms with Crippen molar-refractivity contribution in [1.82, 2.24) is 24.8 Å². The van der Waals surface area contributed by atoms with E-state index in [9.17, 15) is 0 Å². The van der Waals surface area contributed by atoms with Gasteiger partial charge in [0.05, 0.1) is 24.4 Å². The molecule has 0 amide bonds. The third kappa shape index (κ3) is 3.70. The summed E-state index contributed by atoms with van der Waals surface area (Å²) in [6.45, 7) is 7.67. The van der Waals surface area contributed by atoms with Crippen LogP contribution in [0, 0.1) is 20.8 Å². The first-order chi connectivity index (χ1) is 14.5. The highest BCUT2D eigenvalue weighted by atomic mass is 32.1. The van der Waals surface area contributed by atoms with Gasteiger partial charge >= 0.3 is 0 Å². The van der Waals surface area contributed by atoms with E-state index in [4.69, 9.17) is 17.0 Å². The highest BCUT2D eigenvalue weighted by Gasteiger charge is 2.41. The number of nitrogens with one attached hydrogen (secondary N) is 1. The maximum Gasteiger partial charge on any atom is 0.170 e. The fourth-order valence-corrected chi connectivity index (χ4v) is 4.59. The predicted octanol–water partition coefficient (Wildman–Crippen LogP) is 3.81. The molecule has 0 spiro atoms. The van der Waals surface area contributed by atoms with Gasteiger partial charge in [-0.2, -0.15) is 0 Å². The Morgan fingerprint density at radius 2 is 1.93 bits per heavy atom. The molecule has 1 aliphatic heterocycles. The molecule has 0 aliphatic carbocycles. The van der Waals surface area contributed by atoms with Crippen molar-refractivity contribution in [2.24, 2.45) is 0 Å². The van der Waals surface area contributed by atoms with Gasteiger partial charge < -0.3 is 19.5 Å². The smallest absolute Gasteiger partial charge is 0.170 e. The van der Waals surface area contributed by atoms with Crippen LogP contribution in [0.4, 0.5) is 0 Å². The van der Waals surface area contributed by atoms with Crippen LogP contribution in [0.5, 0.6) is 0 Å². The molecule has 6 nitrogen and oxygen atoms in total. The Morgan fingerprint density at radius 3 is 2.63 bits per heavy atom. The molecule has 4 rings (SSSR count). The van der Waals surface area contributed by atoms with Crippen LogP contribution in [0.25, 0.3) is 5.82 Å². The first-order valence-corrected chi connectivity index (χ1v) is 10.5. The molecule has 1 saturated heterocycles. The van der Waals surface area contributed by atoms with E-state index in [1.165, 1.54) is 11.1 Å². The van der Waals surface area contributed by atoms with Crippen LogP contribution < -0.4 is 5.32 Å². The normalized spacial score (nSPS) is 18.7. The van der Waals surface area contributed by atoms with Crippen molar-refractivity contribution in [3.05, 3.63) is 77.0 Å². The van der Waals surface area contributed by atoms with Crippen LogP contribution in [-0.4, -0.2) is 44.8 Å². The molecule has 0 unspecified atom stereocenters. The number of aryl methyl sites for hydroxylation is 2. The van der Waals surface area contributed by atoms with Crippen LogP contribution in [0.3, 0.4) is 0 Å². The number of hydrogen-bond donors (Lipinski definition) is 1. The van der Waals surface area contributed by atoms with E-state index in [0.717, 1.165) is 28.0 Å². The van der Waals surface area contributed by atoms with Gasteiger partial charge in [-0.1, -0.05) is 6.07 Å². The van der Waals surface area contributed by atoms with Gasteiger partial charge in [0.1, 0.15) is 5.82 Å². The molecular formula is C23H27N5OS. The van der Waals surface area contributed by atoms with Crippen molar-refractivity contribution >= 4 is 17.3 Å². The van der Waals surface area contributed by atoms with Crippen molar-refractivity contribution in [1.29, 1.82) is 0 Å². The lowest BCUT2D eigenvalue weighted by Crippen LogP contribution is -2.32. The summed E-state index contributed by atoms with van der Waals surface area (Å²) in [5.41, 5.74) is 5.68. The van der Waals surface area contributed by atoms with Gasteiger partial charge in [-0.3, -0.25) is 4.98 Å². The minimum Gasteiger partial charge on any atom is -0.383 e. The highest BCUT2D eigenvalue weighted by Crippen LogP contribution is 2.41.